The van der Waals surface area contributed by atoms with E-state index in [1.54, 1.807) is 0 Å². The highest BCUT2D eigenvalue weighted by Crippen LogP contribution is 2.22. The minimum Gasteiger partial charge on any atom is -0.330 e. The summed E-state index contributed by atoms with van der Waals surface area (Å²) in [5, 5.41) is 0.730. The molecular weight excluding hydrogens is 310 g/mol. The Bertz CT molecular complexity index is 892. The van der Waals surface area contributed by atoms with Crippen molar-refractivity contribution in [3.8, 4) is 0 Å². The van der Waals surface area contributed by atoms with E-state index in [4.69, 9.17) is 21.6 Å². The van der Waals surface area contributed by atoms with Crippen molar-refractivity contribution in [1.82, 2.24) is 24.0 Å². The van der Waals surface area contributed by atoms with Gasteiger partial charge in [0, 0.05) is 30.9 Å². The van der Waals surface area contributed by atoms with E-state index in [1.165, 1.54) is 5.69 Å². The fourth-order valence-electron chi connectivity index (χ4n) is 3.36. The van der Waals surface area contributed by atoms with Crippen LogP contribution in [0.3, 0.4) is 0 Å². The summed E-state index contributed by atoms with van der Waals surface area (Å²) in [4.78, 5) is 11.9. The lowest BCUT2D eigenvalue weighted by Crippen LogP contribution is -2.34. The number of halogens is 1. The van der Waals surface area contributed by atoms with E-state index in [2.05, 4.69) is 34.9 Å². The third-order valence-corrected chi connectivity index (χ3v) is 5.08. The second-order valence-electron chi connectivity index (χ2n) is 6.28. The summed E-state index contributed by atoms with van der Waals surface area (Å²) in [5.74, 6) is 2.23. The first-order valence-corrected chi connectivity index (χ1v) is 8.26. The number of hydrogen-bond acceptors (Lipinski definition) is 3. The molecule has 0 bridgehead atoms. The van der Waals surface area contributed by atoms with Crippen LogP contribution in [0.5, 0.6) is 0 Å². The third-order valence-electron chi connectivity index (χ3n) is 4.84. The van der Waals surface area contributed by atoms with Crippen LogP contribution < -0.4 is 0 Å². The van der Waals surface area contributed by atoms with Crippen LogP contribution in [0.2, 0.25) is 5.02 Å². The van der Waals surface area contributed by atoms with E-state index in [1.807, 2.05) is 18.2 Å². The predicted octanol–water partition coefficient (Wildman–Crippen LogP) is 3.06. The molecule has 0 amide bonds. The van der Waals surface area contributed by atoms with E-state index >= 15 is 0 Å². The van der Waals surface area contributed by atoms with Gasteiger partial charge in [-0.3, -0.25) is 4.90 Å². The Labute approximate surface area is 140 Å². The molecule has 0 fully saturated rings. The van der Waals surface area contributed by atoms with Crippen LogP contribution in [0.4, 0.5) is 0 Å². The van der Waals surface area contributed by atoms with Gasteiger partial charge in [0.15, 0.2) is 0 Å². The smallest absolute Gasteiger partial charge is 0.123 e. The molecule has 0 atom stereocenters. The number of imidazole rings is 2. The second-order valence-corrected chi connectivity index (χ2v) is 6.72. The Kier molecular flexibility index (Phi) is 3.43. The number of aromatic nitrogens is 4. The van der Waals surface area contributed by atoms with Crippen molar-refractivity contribution in [2.24, 2.45) is 7.05 Å². The van der Waals surface area contributed by atoms with Crippen molar-refractivity contribution in [2.75, 3.05) is 6.54 Å². The van der Waals surface area contributed by atoms with Crippen LogP contribution in [-0.4, -0.2) is 30.5 Å². The number of nitrogens with zero attached hydrogens (tertiary/aromatic N) is 5. The number of benzene rings is 1. The van der Waals surface area contributed by atoms with Gasteiger partial charge >= 0.3 is 0 Å². The summed E-state index contributed by atoms with van der Waals surface area (Å²) >= 11 is 6.07. The molecule has 0 saturated carbocycles. The quantitative estimate of drug-likeness (QED) is 0.725. The van der Waals surface area contributed by atoms with Gasteiger partial charge in [0.1, 0.15) is 11.6 Å². The zero-order chi connectivity index (χ0) is 16.1. The maximum Gasteiger partial charge on any atom is 0.123 e. The zero-order valence-corrected chi connectivity index (χ0v) is 14.4. The highest BCUT2D eigenvalue weighted by Gasteiger charge is 2.21. The lowest BCUT2D eigenvalue weighted by molar-refractivity contribution is 0.201. The van der Waals surface area contributed by atoms with Crippen molar-refractivity contribution in [3.05, 3.63) is 46.3 Å². The van der Waals surface area contributed by atoms with Gasteiger partial charge in [-0.05, 0) is 32.0 Å². The molecule has 1 aromatic carbocycles. The van der Waals surface area contributed by atoms with Crippen molar-refractivity contribution >= 4 is 22.6 Å². The molecule has 6 heteroatoms. The maximum absolute atomic E-state index is 6.07. The molecule has 5 nitrogen and oxygen atoms in total. The van der Waals surface area contributed by atoms with Gasteiger partial charge in [-0.2, -0.15) is 0 Å². The standard InChI is InChI=1S/C17H20ClN5/c1-11-12(2)23-7-6-22(10-17(23)19-11)9-16-20-14-8-13(18)4-5-15(14)21(16)3/h4-5,8H,6-7,9-10H2,1-3H3. The van der Waals surface area contributed by atoms with E-state index < -0.39 is 0 Å². The minimum atomic E-state index is 0.730. The van der Waals surface area contributed by atoms with Crippen molar-refractivity contribution in [1.29, 1.82) is 0 Å². The van der Waals surface area contributed by atoms with Crippen LogP contribution in [0, 0.1) is 13.8 Å². The molecule has 23 heavy (non-hydrogen) atoms. The highest BCUT2D eigenvalue weighted by molar-refractivity contribution is 6.31. The van der Waals surface area contributed by atoms with Crippen molar-refractivity contribution in [2.45, 2.75) is 33.5 Å². The summed E-state index contributed by atoms with van der Waals surface area (Å²) in [6.07, 6.45) is 0. The fraction of sp³-hybridized carbons (Fsp3) is 0.412. The molecule has 3 aromatic rings. The van der Waals surface area contributed by atoms with Gasteiger partial charge in [0.25, 0.3) is 0 Å². The Morgan fingerprint density at radius 1 is 1.17 bits per heavy atom. The van der Waals surface area contributed by atoms with Gasteiger partial charge in [-0.1, -0.05) is 11.6 Å². The Morgan fingerprint density at radius 2 is 2.00 bits per heavy atom. The average Bonchev–Trinajstić information content (AvgIpc) is 2.97. The monoisotopic (exact) mass is 329 g/mol. The lowest BCUT2D eigenvalue weighted by atomic mass is 10.3. The van der Waals surface area contributed by atoms with Gasteiger partial charge in [-0.15, -0.1) is 0 Å². The first-order chi connectivity index (χ1) is 11.0. The van der Waals surface area contributed by atoms with Gasteiger partial charge < -0.3 is 9.13 Å². The van der Waals surface area contributed by atoms with Crippen LogP contribution in [-0.2, 0) is 26.7 Å². The number of hydrogen-bond donors (Lipinski definition) is 0. The van der Waals surface area contributed by atoms with Crippen LogP contribution in [0.1, 0.15) is 23.0 Å². The van der Waals surface area contributed by atoms with E-state index in [9.17, 15) is 0 Å². The first-order valence-electron chi connectivity index (χ1n) is 7.89. The molecule has 0 aliphatic carbocycles. The van der Waals surface area contributed by atoms with Crippen LogP contribution in [0.15, 0.2) is 18.2 Å². The second kappa shape index (κ2) is 5.35. The van der Waals surface area contributed by atoms with E-state index in [-0.39, 0.29) is 0 Å². The summed E-state index contributed by atoms with van der Waals surface area (Å²) < 4.78 is 4.49. The normalized spacial score (nSPS) is 15.3. The molecule has 3 heterocycles. The highest BCUT2D eigenvalue weighted by atomic mass is 35.5. The molecule has 1 aliphatic heterocycles. The van der Waals surface area contributed by atoms with E-state index in [0.717, 1.165) is 59.6 Å². The van der Waals surface area contributed by atoms with E-state index in [0.29, 0.717) is 0 Å². The van der Waals surface area contributed by atoms with Crippen molar-refractivity contribution < 1.29 is 0 Å². The molecule has 0 unspecified atom stereocenters. The summed E-state index contributed by atoms with van der Waals surface area (Å²) in [6, 6.07) is 5.87. The summed E-state index contributed by atoms with van der Waals surface area (Å²) in [6.45, 7) is 7.95. The zero-order valence-electron chi connectivity index (χ0n) is 13.7. The third kappa shape index (κ3) is 2.44. The molecule has 0 spiro atoms. The molecule has 4 rings (SSSR count). The van der Waals surface area contributed by atoms with Gasteiger partial charge in [0.2, 0.25) is 0 Å². The van der Waals surface area contributed by atoms with Crippen molar-refractivity contribution in [3.63, 3.8) is 0 Å². The first kappa shape index (κ1) is 14.7. The van der Waals surface area contributed by atoms with Crippen LogP contribution in [0.25, 0.3) is 11.0 Å². The Hall–Kier alpha value is -1.85. The molecule has 120 valence electrons. The summed E-state index contributed by atoms with van der Waals surface area (Å²) in [5.41, 5.74) is 4.51. The maximum atomic E-state index is 6.07. The summed E-state index contributed by atoms with van der Waals surface area (Å²) in [7, 11) is 2.07. The number of rotatable bonds is 2. The topological polar surface area (TPSA) is 38.9 Å². The predicted molar refractivity (Wildman–Crippen MR) is 91.5 cm³/mol. The SMILES string of the molecule is Cc1nc2n(c1C)CCN(Cc1nc3cc(Cl)ccc3n1C)C2. The number of aryl methyl sites for hydroxylation is 2. The molecule has 0 saturated heterocycles. The van der Waals surface area contributed by atoms with Crippen LogP contribution >= 0.6 is 11.6 Å². The fourth-order valence-corrected chi connectivity index (χ4v) is 3.53. The van der Waals surface area contributed by atoms with Gasteiger partial charge in [0.05, 0.1) is 29.8 Å². The molecule has 2 aromatic heterocycles. The molecule has 1 aliphatic rings. The number of fused-ring (bicyclic) bond motifs is 2. The lowest BCUT2D eigenvalue weighted by Gasteiger charge is -2.27. The molecular formula is C17H20ClN5. The molecule has 0 N–H and O–H groups in total. The minimum absolute atomic E-state index is 0.730. The Balaban J connectivity index is 1.60. The average molecular weight is 330 g/mol. The molecule has 0 radical (unpaired) electrons. The Morgan fingerprint density at radius 3 is 2.83 bits per heavy atom. The largest absolute Gasteiger partial charge is 0.330 e. The van der Waals surface area contributed by atoms with Gasteiger partial charge in [-0.25, -0.2) is 9.97 Å².